The van der Waals surface area contributed by atoms with E-state index in [0.717, 1.165) is 0 Å². The van der Waals surface area contributed by atoms with Crippen LogP contribution in [0.2, 0.25) is 0 Å². The summed E-state index contributed by atoms with van der Waals surface area (Å²) in [6.07, 6.45) is 1.19. The molecule has 1 aromatic heterocycles. The number of halogens is 2. The largest absolute Gasteiger partial charge is 0.345 e. The van der Waals surface area contributed by atoms with E-state index >= 15 is 0 Å². The minimum absolute atomic E-state index is 0.152. The summed E-state index contributed by atoms with van der Waals surface area (Å²) in [4.78, 5) is 24.9. The molecule has 0 radical (unpaired) electrons. The van der Waals surface area contributed by atoms with E-state index in [0.29, 0.717) is 12.1 Å². The Hall–Kier alpha value is -2.91. The van der Waals surface area contributed by atoms with E-state index in [9.17, 15) is 23.7 Å². The van der Waals surface area contributed by atoms with Gasteiger partial charge in [0.2, 0.25) is 5.82 Å². The van der Waals surface area contributed by atoms with Gasteiger partial charge in [-0.3, -0.25) is 20.0 Å². The van der Waals surface area contributed by atoms with Gasteiger partial charge in [-0.1, -0.05) is 0 Å². The van der Waals surface area contributed by atoms with E-state index in [-0.39, 0.29) is 12.4 Å². The van der Waals surface area contributed by atoms with E-state index in [1.807, 2.05) is 0 Å². The molecule has 1 amide bonds. The lowest BCUT2D eigenvalue weighted by molar-refractivity contribution is -0.387. The number of amides is 1. The van der Waals surface area contributed by atoms with Crippen molar-refractivity contribution in [2.24, 2.45) is 0 Å². The summed E-state index contributed by atoms with van der Waals surface area (Å²) in [5.74, 6) is -3.57. The molecule has 0 aliphatic heterocycles. The van der Waals surface area contributed by atoms with Crippen LogP contribution in [0.25, 0.3) is 0 Å². The standard InChI is InChI=1S/C10H7F2N5O3/c11-5-1-2-6(17(19)20)9(12)8(5)10(18)13-3-7-14-4-15-16-7/h1-2,4H,3H2,(H,13,18)(H,14,15,16). The zero-order chi connectivity index (χ0) is 14.7. The number of aromatic amines is 1. The summed E-state index contributed by atoms with van der Waals surface area (Å²) in [5, 5.41) is 18.7. The molecule has 0 aliphatic carbocycles. The summed E-state index contributed by atoms with van der Waals surface area (Å²) >= 11 is 0. The quantitative estimate of drug-likeness (QED) is 0.639. The minimum Gasteiger partial charge on any atom is -0.345 e. The van der Waals surface area contributed by atoms with Gasteiger partial charge in [-0.15, -0.1) is 0 Å². The molecule has 10 heteroatoms. The molecule has 0 saturated carbocycles. The van der Waals surface area contributed by atoms with Crippen molar-refractivity contribution >= 4 is 11.6 Å². The van der Waals surface area contributed by atoms with Gasteiger partial charge < -0.3 is 5.32 Å². The van der Waals surface area contributed by atoms with Crippen LogP contribution in [0.15, 0.2) is 18.5 Å². The zero-order valence-electron chi connectivity index (χ0n) is 9.76. The molecule has 0 unspecified atom stereocenters. The van der Waals surface area contributed by atoms with Crippen LogP contribution < -0.4 is 5.32 Å². The number of hydrogen-bond donors (Lipinski definition) is 2. The second-order valence-corrected chi connectivity index (χ2v) is 3.63. The molecule has 104 valence electrons. The molecule has 2 rings (SSSR count). The fourth-order valence-electron chi connectivity index (χ4n) is 1.46. The molecule has 1 heterocycles. The first-order chi connectivity index (χ1) is 9.50. The lowest BCUT2D eigenvalue weighted by Crippen LogP contribution is -2.26. The Morgan fingerprint density at radius 1 is 1.45 bits per heavy atom. The lowest BCUT2D eigenvalue weighted by atomic mass is 10.1. The van der Waals surface area contributed by atoms with Gasteiger partial charge in [0.05, 0.1) is 11.5 Å². The van der Waals surface area contributed by atoms with Crippen molar-refractivity contribution < 1.29 is 18.5 Å². The molecule has 2 aromatic rings. The Labute approximate surface area is 110 Å². The second kappa shape index (κ2) is 5.38. The zero-order valence-corrected chi connectivity index (χ0v) is 9.76. The van der Waals surface area contributed by atoms with Crippen molar-refractivity contribution in [3.05, 3.63) is 51.6 Å². The van der Waals surface area contributed by atoms with E-state index in [1.165, 1.54) is 6.33 Å². The summed E-state index contributed by atoms with van der Waals surface area (Å²) in [6.45, 7) is -0.152. The summed E-state index contributed by atoms with van der Waals surface area (Å²) in [6, 6.07) is 1.31. The van der Waals surface area contributed by atoms with Gasteiger partial charge in [0.1, 0.15) is 23.5 Å². The number of nitro benzene ring substituents is 1. The van der Waals surface area contributed by atoms with Crippen molar-refractivity contribution in [3.8, 4) is 0 Å². The number of benzene rings is 1. The van der Waals surface area contributed by atoms with Crippen LogP contribution in [0.5, 0.6) is 0 Å². The van der Waals surface area contributed by atoms with Crippen molar-refractivity contribution in [2.45, 2.75) is 6.54 Å². The summed E-state index contributed by atoms with van der Waals surface area (Å²) < 4.78 is 27.2. The number of rotatable bonds is 4. The van der Waals surface area contributed by atoms with Crippen molar-refractivity contribution in [3.63, 3.8) is 0 Å². The maximum atomic E-state index is 13.7. The third-order valence-corrected chi connectivity index (χ3v) is 2.38. The maximum absolute atomic E-state index is 13.7. The van der Waals surface area contributed by atoms with E-state index in [1.54, 1.807) is 0 Å². The van der Waals surface area contributed by atoms with Crippen LogP contribution in [0, 0.1) is 21.7 Å². The molecular weight excluding hydrogens is 276 g/mol. The highest BCUT2D eigenvalue weighted by molar-refractivity contribution is 5.95. The Bertz CT molecular complexity index is 659. The highest BCUT2D eigenvalue weighted by Gasteiger charge is 2.26. The number of nitrogens with one attached hydrogen (secondary N) is 2. The van der Waals surface area contributed by atoms with E-state index in [2.05, 4.69) is 20.5 Å². The van der Waals surface area contributed by atoms with Crippen molar-refractivity contribution in [2.75, 3.05) is 0 Å². The van der Waals surface area contributed by atoms with Gasteiger partial charge in [-0.25, -0.2) is 9.37 Å². The number of carbonyl (C=O) groups excluding carboxylic acids is 1. The van der Waals surface area contributed by atoms with Gasteiger partial charge in [-0.05, 0) is 6.07 Å². The Kier molecular flexibility index (Phi) is 3.64. The Balaban J connectivity index is 2.25. The maximum Gasteiger partial charge on any atom is 0.305 e. The van der Waals surface area contributed by atoms with Gasteiger partial charge >= 0.3 is 5.69 Å². The molecular formula is C10H7F2N5O3. The molecule has 0 bridgehead atoms. The van der Waals surface area contributed by atoms with E-state index in [4.69, 9.17) is 0 Å². The minimum atomic E-state index is -1.52. The third-order valence-electron chi connectivity index (χ3n) is 2.38. The van der Waals surface area contributed by atoms with E-state index < -0.39 is 33.7 Å². The average molecular weight is 283 g/mol. The molecule has 0 atom stereocenters. The van der Waals surface area contributed by atoms with Crippen LogP contribution >= 0.6 is 0 Å². The highest BCUT2D eigenvalue weighted by Crippen LogP contribution is 2.22. The number of hydrogen-bond acceptors (Lipinski definition) is 5. The van der Waals surface area contributed by atoms with Crippen LogP contribution in [-0.4, -0.2) is 26.0 Å². The molecule has 0 spiro atoms. The van der Waals surface area contributed by atoms with Gasteiger partial charge in [0.25, 0.3) is 5.91 Å². The number of nitro groups is 1. The normalized spacial score (nSPS) is 10.3. The fraction of sp³-hybridized carbons (Fsp3) is 0.100. The number of nitrogens with zero attached hydrogens (tertiary/aromatic N) is 3. The van der Waals surface area contributed by atoms with Crippen LogP contribution in [0.3, 0.4) is 0 Å². The summed E-state index contributed by atoms with van der Waals surface area (Å²) in [5.41, 5.74) is -1.99. The lowest BCUT2D eigenvalue weighted by Gasteiger charge is -2.05. The van der Waals surface area contributed by atoms with Gasteiger partial charge in [0.15, 0.2) is 0 Å². The molecule has 1 aromatic carbocycles. The predicted octanol–water partition coefficient (Wildman–Crippen LogP) is 0.921. The SMILES string of the molecule is O=C(NCc1ncn[nH]1)c1c(F)ccc([N+](=O)[O-])c1F. The monoisotopic (exact) mass is 283 g/mol. The summed E-state index contributed by atoms with van der Waals surface area (Å²) in [7, 11) is 0. The molecule has 2 N–H and O–H groups in total. The first-order valence-electron chi connectivity index (χ1n) is 5.25. The number of carbonyl (C=O) groups is 1. The predicted molar refractivity (Wildman–Crippen MR) is 60.6 cm³/mol. The van der Waals surface area contributed by atoms with Gasteiger partial charge in [0, 0.05) is 6.07 Å². The van der Waals surface area contributed by atoms with Crippen molar-refractivity contribution in [1.29, 1.82) is 0 Å². The van der Waals surface area contributed by atoms with Crippen LogP contribution in [0.4, 0.5) is 14.5 Å². The molecule has 0 fully saturated rings. The smallest absolute Gasteiger partial charge is 0.305 e. The Morgan fingerprint density at radius 3 is 2.80 bits per heavy atom. The van der Waals surface area contributed by atoms with Gasteiger partial charge in [-0.2, -0.15) is 9.49 Å². The first kappa shape index (κ1) is 13.5. The average Bonchev–Trinajstić information content (AvgIpc) is 2.89. The molecule has 20 heavy (non-hydrogen) atoms. The van der Waals surface area contributed by atoms with Crippen LogP contribution in [0.1, 0.15) is 16.2 Å². The molecule has 0 aliphatic rings. The second-order valence-electron chi connectivity index (χ2n) is 3.63. The topological polar surface area (TPSA) is 114 Å². The molecule has 0 saturated heterocycles. The molecule has 8 nitrogen and oxygen atoms in total. The third kappa shape index (κ3) is 2.58. The highest BCUT2D eigenvalue weighted by atomic mass is 19.1. The number of H-pyrrole nitrogens is 1. The first-order valence-corrected chi connectivity index (χ1v) is 5.25. The fourth-order valence-corrected chi connectivity index (χ4v) is 1.46. The number of aromatic nitrogens is 3. The Morgan fingerprint density at radius 2 is 2.20 bits per heavy atom. The van der Waals surface area contributed by atoms with Crippen molar-refractivity contribution in [1.82, 2.24) is 20.5 Å². The van der Waals surface area contributed by atoms with Crippen LogP contribution in [-0.2, 0) is 6.54 Å².